The molecule has 0 bridgehead atoms. The third-order valence-electron chi connectivity index (χ3n) is 3.40. The van der Waals surface area contributed by atoms with E-state index in [1.807, 2.05) is 6.92 Å². The van der Waals surface area contributed by atoms with Gasteiger partial charge in [-0.3, -0.25) is 0 Å². The van der Waals surface area contributed by atoms with Crippen LogP contribution in [0.3, 0.4) is 0 Å². The topological polar surface area (TPSA) is 51.0 Å². The Balaban J connectivity index is 2.20. The number of phenolic OH excluding ortho intramolecular Hbond substituents is 1. The summed E-state index contributed by atoms with van der Waals surface area (Å²) in [4.78, 5) is 5.32. The number of rotatable bonds is 8. The van der Waals surface area contributed by atoms with Gasteiger partial charge in [0.1, 0.15) is 12.4 Å². The van der Waals surface area contributed by atoms with Crippen LogP contribution in [0.15, 0.2) is 17.3 Å². The molecule has 1 aromatic carbocycles. The van der Waals surface area contributed by atoms with Gasteiger partial charge in [0.2, 0.25) is 0 Å². The Bertz CT molecular complexity index is 516. The number of benzene rings is 1. The van der Waals surface area contributed by atoms with Gasteiger partial charge in [-0.15, -0.1) is 0 Å². The highest BCUT2D eigenvalue weighted by Gasteiger charge is 2.14. The maximum Gasteiger partial charge on any atom is 0.156 e. The Morgan fingerprint density at radius 1 is 1.09 bits per heavy atom. The van der Waals surface area contributed by atoms with Crippen molar-refractivity contribution in [3.63, 3.8) is 0 Å². The molecule has 0 aliphatic heterocycles. The van der Waals surface area contributed by atoms with Crippen LogP contribution in [0.5, 0.6) is 11.5 Å². The first-order valence-corrected chi connectivity index (χ1v) is 8.45. The second-order valence-electron chi connectivity index (χ2n) is 6.41. The number of phenols is 1. The van der Waals surface area contributed by atoms with Gasteiger partial charge in [-0.05, 0) is 26.2 Å². The molecule has 0 spiro atoms. The minimum Gasteiger partial charge on any atom is -0.508 e. The van der Waals surface area contributed by atoms with Gasteiger partial charge in [-0.25, -0.2) is 0 Å². The van der Waals surface area contributed by atoms with E-state index in [4.69, 9.17) is 32.8 Å². The van der Waals surface area contributed by atoms with Crippen LogP contribution in [0, 0.1) is 5.41 Å². The molecule has 130 valence electrons. The molecular weight excluding hydrogens is 337 g/mol. The smallest absolute Gasteiger partial charge is 0.156 e. The number of ether oxygens (including phenoxy) is 1. The van der Waals surface area contributed by atoms with Crippen molar-refractivity contribution in [2.24, 2.45) is 10.6 Å². The van der Waals surface area contributed by atoms with Crippen LogP contribution in [-0.4, -0.2) is 24.0 Å². The third kappa shape index (κ3) is 7.32. The molecule has 23 heavy (non-hydrogen) atoms. The zero-order valence-corrected chi connectivity index (χ0v) is 15.7. The Hall–Kier alpha value is -1.13. The second kappa shape index (κ2) is 9.24. The molecule has 1 aromatic rings. The molecule has 0 aliphatic carbocycles. The molecular formula is C17H25Cl2NO3. The molecule has 1 rings (SSSR count). The van der Waals surface area contributed by atoms with Gasteiger partial charge in [-0.2, -0.15) is 0 Å². The van der Waals surface area contributed by atoms with E-state index < -0.39 is 0 Å². The van der Waals surface area contributed by atoms with Gasteiger partial charge in [0.15, 0.2) is 5.75 Å². The minimum atomic E-state index is 0.0237. The number of halogens is 2. The van der Waals surface area contributed by atoms with Gasteiger partial charge in [0.05, 0.1) is 22.4 Å². The summed E-state index contributed by atoms with van der Waals surface area (Å²) in [5.41, 5.74) is 1.02. The van der Waals surface area contributed by atoms with Gasteiger partial charge in [-0.1, -0.05) is 49.1 Å². The molecule has 0 atom stereocenters. The second-order valence-corrected chi connectivity index (χ2v) is 7.22. The number of oxime groups is 1. The van der Waals surface area contributed by atoms with Crippen LogP contribution < -0.4 is 4.74 Å². The lowest BCUT2D eigenvalue weighted by molar-refractivity contribution is 0.135. The van der Waals surface area contributed by atoms with Gasteiger partial charge >= 0.3 is 0 Å². The highest BCUT2D eigenvalue weighted by Crippen LogP contribution is 2.36. The van der Waals surface area contributed by atoms with E-state index in [-0.39, 0.29) is 11.2 Å². The fourth-order valence-electron chi connectivity index (χ4n) is 1.58. The summed E-state index contributed by atoms with van der Waals surface area (Å²) in [6, 6.07) is 2.82. The third-order valence-corrected chi connectivity index (χ3v) is 3.96. The summed E-state index contributed by atoms with van der Waals surface area (Å²) in [6.45, 7) is 9.38. The maximum absolute atomic E-state index is 9.35. The van der Waals surface area contributed by atoms with Crippen LogP contribution in [0.25, 0.3) is 0 Å². The molecule has 6 heteroatoms. The van der Waals surface area contributed by atoms with Crippen molar-refractivity contribution in [3.05, 3.63) is 22.2 Å². The largest absolute Gasteiger partial charge is 0.508 e. The fraction of sp³-hybridized carbons (Fsp3) is 0.588. The molecule has 0 heterocycles. The van der Waals surface area contributed by atoms with Crippen LogP contribution >= 0.6 is 23.2 Å². The number of aromatic hydroxyl groups is 1. The van der Waals surface area contributed by atoms with Gasteiger partial charge < -0.3 is 14.7 Å². The average Bonchev–Trinajstić information content (AvgIpc) is 2.42. The molecule has 1 N–H and O–H groups in total. The Labute approximate surface area is 148 Å². The van der Waals surface area contributed by atoms with E-state index in [2.05, 4.69) is 25.9 Å². The molecule has 0 saturated heterocycles. The van der Waals surface area contributed by atoms with Gasteiger partial charge in [0, 0.05) is 17.5 Å². The van der Waals surface area contributed by atoms with Gasteiger partial charge in [0.25, 0.3) is 0 Å². The average molecular weight is 362 g/mol. The molecule has 0 unspecified atom stereocenters. The lowest BCUT2D eigenvalue weighted by atomic mass is 9.91. The first-order chi connectivity index (χ1) is 10.7. The molecule has 0 fully saturated rings. The molecule has 0 amide bonds. The summed E-state index contributed by atoms with van der Waals surface area (Å²) in [5, 5.41) is 14.1. The predicted octanol–water partition coefficient (Wildman–Crippen LogP) is 5.69. The summed E-state index contributed by atoms with van der Waals surface area (Å²) in [5.74, 6) is 0.434. The normalized spacial score (nSPS) is 12.3. The van der Waals surface area contributed by atoms with Crippen LogP contribution in [0.4, 0.5) is 0 Å². The zero-order chi connectivity index (χ0) is 17.5. The minimum absolute atomic E-state index is 0.0237. The molecule has 0 saturated carbocycles. The lowest BCUT2D eigenvalue weighted by Crippen LogP contribution is -2.17. The van der Waals surface area contributed by atoms with Crippen molar-refractivity contribution in [2.75, 3.05) is 13.2 Å². The number of hydrogen-bond donors (Lipinski definition) is 1. The van der Waals surface area contributed by atoms with Crippen LogP contribution in [-0.2, 0) is 4.84 Å². The zero-order valence-electron chi connectivity index (χ0n) is 14.2. The van der Waals surface area contributed by atoms with E-state index in [1.54, 1.807) is 0 Å². The van der Waals surface area contributed by atoms with E-state index in [1.165, 1.54) is 12.1 Å². The highest BCUT2D eigenvalue weighted by molar-refractivity contribution is 6.37. The summed E-state index contributed by atoms with van der Waals surface area (Å²) in [7, 11) is 0. The van der Waals surface area contributed by atoms with E-state index >= 15 is 0 Å². The summed E-state index contributed by atoms with van der Waals surface area (Å²) >= 11 is 12.0. The first kappa shape index (κ1) is 19.9. The standard InChI is InChI=1S/C17H25Cl2NO3/c1-12(17(2,3)4)20-23-9-7-5-6-8-22-16-14(18)10-13(21)11-15(16)19/h10-11,21H,5-9H2,1-4H3. The fourth-order valence-corrected chi connectivity index (χ4v) is 2.17. The van der Waals surface area contributed by atoms with Crippen molar-refractivity contribution in [1.29, 1.82) is 0 Å². The summed E-state index contributed by atoms with van der Waals surface area (Å²) in [6.07, 6.45) is 2.72. The number of nitrogens with zero attached hydrogens (tertiary/aromatic N) is 1. The van der Waals surface area contributed by atoms with Crippen molar-refractivity contribution < 1.29 is 14.7 Å². The SMILES string of the molecule is CC(=NOCCCCCOc1c(Cl)cc(O)cc1Cl)C(C)(C)C. The monoisotopic (exact) mass is 361 g/mol. The number of unbranched alkanes of at least 4 members (excludes halogenated alkanes) is 2. The molecule has 0 aromatic heterocycles. The first-order valence-electron chi connectivity index (χ1n) is 7.69. The lowest BCUT2D eigenvalue weighted by Gasteiger charge is -2.16. The Kier molecular flexibility index (Phi) is 8.00. The van der Waals surface area contributed by atoms with E-state index in [0.717, 1.165) is 25.0 Å². The Morgan fingerprint density at radius 3 is 2.22 bits per heavy atom. The van der Waals surface area contributed by atoms with Crippen LogP contribution in [0.2, 0.25) is 10.0 Å². The molecule has 0 aliphatic rings. The van der Waals surface area contributed by atoms with E-state index in [0.29, 0.717) is 29.0 Å². The highest BCUT2D eigenvalue weighted by atomic mass is 35.5. The molecule has 4 nitrogen and oxygen atoms in total. The maximum atomic E-state index is 9.35. The van der Waals surface area contributed by atoms with Crippen LogP contribution in [0.1, 0.15) is 47.0 Å². The number of hydrogen-bond acceptors (Lipinski definition) is 4. The Morgan fingerprint density at radius 2 is 1.65 bits per heavy atom. The predicted molar refractivity (Wildman–Crippen MR) is 96.0 cm³/mol. The molecule has 0 radical (unpaired) electrons. The quantitative estimate of drug-likeness (QED) is 0.367. The van der Waals surface area contributed by atoms with Crippen molar-refractivity contribution in [1.82, 2.24) is 0 Å². The van der Waals surface area contributed by atoms with Crippen molar-refractivity contribution >= 4 is 28.9 Å². The summed E-state index contributed by atoms with van der Waals surface area (Å²) < 4.78 is 5.57. The van der Waals surface area contributed by atoms with E-state index in [9.17, 15) is 5.11 Å². The van der Waals surface area contributed by atoms with Crippen molar-refractivity contribution in [3.8, 4) is 11.5 Å². The van der Waals surface area contributed by atoms with Crippen molar-refractivity contribution in [2.45, 2.75) is 47.0 Å².